The van der Waals surface area contributed by atoms with Crippen LogP contribution in [0, 0.1) is 0 Å². The van der Waals surface area contributed by atoms with Crippen molar-refractivity contribution in [3.63, 3.8) is 0 Å². The Morgan fingerprint density at radius 1 is 1.20 bits per heavy atom. The molecule has 0 bridgehead atoms. The molecule has 4 rings (SSSR count). The van der Waals surface area contributed by atoms with Gasteiger partial charge in [-0.2, -0.15) is 5.10 Å². The highest BCUT2D eigenvalue weighted by molar-refractivity contribution is 5.93. The largest absolute Gasteiger partial charge is 0.486 e. The molecule has 1 aliphatic carbocycles. The number of ether oxygens (including phenoxy) is 2. The molecule has 1 amide bonds. The number of rotatable bonds is 4. The third kappa shape index (κ3) is 3.22. The fourth-order valence-electron chi connectivity index (χ4n) is 2.79. The first kappa shape index (κ1) is 15.7. The fourth-order valence-corrected chi connectivity index (χ4v) is 2.79. The zero-order valence-electron chi connectivity index (χ0n) is 13.9. The van der Waals surface area contributed by atoms with Crippen molar-refractivity contribution in [2.45, 2.75) is 31.7 Å². The number of benzene rings is 1. The SMILES string of the molecule is CC(C(=O)Nc1ccc2c(c1)OCCO2)n1nc(C2CC2)ccc1=O. The van der Waals surface area contributed by atoms with Crippen LogP contribution in [0.15, 0.2) is 35.1 Å². The van der Waals surface area contributed by atoms with E-state index in [0.29, 0.717) is 36.3 Å². The maximum absolute atomic E-state index is 12.5. The fraction of sp³-hybridized carbons (Fsp3) is 0.389. The van der Waals surface area contributed by atoms with Crippen LogP contribution >= 0.6 is 0 Å². The van der Waals surface area contributed by atoms with Crippen molar-refractivity contribution in [1.82, 2.24) is 9.78 Å². The van der Waals surface area contributed by atoms with Gasteiger partial charge in [0.05, 0.1) is 5.69 Å². The second-order valence-corrected chi connectivity index (χ2v) is 6.34. The summed E-state index contributed by atoms with van der Waals surface area (Å²) in [5.41, 5.74) is 1.18. The Hall–Kier alpha value is -2.83. The molecule has 1 aromatic carbocycles. The molecule has 1 fully saturated rings. The Labute approximate surface area is 144 Å². The molecule has 2 aliphatic rings. The van der Waals surface area contributed by atoms with Gasteiger partial charge in [-0.1, -0.05) is 0 Å². The number of fused-ring (bicyclic) bond motifs is 1. The predicted octanol–water partition coefficient (Wildman–Crippen LogP) is 2.09. The molecule has 0 spiro atoms. The van der Waals surface area contributed by atoms with Crippen molar-refractivity contribution in [3.05, 3.63) is 46.4 Å². The van der Waals surface area contributed by atoms with Gasteiger partial charge in [-0.3, -0.25) is 9.59 Å². The maximum atomic E-state index is 12.5. The molecular formula is C18H19N3O4. The monoisotopic (exact) mass is 341 g/mol. The van der Waals surface area contributed by atoms with Crippen LogP contribution < -0.4 is 20.3 Å². The summed E-state index contributed by atoms with van der Waals surface area (Å²) in [5.74, 6) is 1.37. The van der Waals surface area contributed by atoms with Gasteiger partial charge in [-0.15, -0.1) is 0 Å². The van der Waals surface area contributed by atoms with Crippen LogP contribution in [-0.4, -0.2) is 28.9 Å². The van der Waals surface area contributed by atoms with Crippen LogP contribution in [0.1, 0.15) is 37.4 Å². The first-order valence-electron chi connectivity index (χ1n) is 8.42. The van der Waals surface area contributed by atoms with Crippen molar-refractivity contribution in [2.75, 3.05) is 18.5 Å². The summed E-state index contributed by atoms with van der Waals surface area (Å²) in [5, 5.41) is 7.17. The summed E-state index contributed by atoms with van der Waals surface area (Å²) < 4.78 is 12.2. The van der Waals surface area contributed by atoms with E-state index in [4.69, 9.17) is 9.47 Å². The Balaban J connectivity index is 1.53. The lowest BCUT2D eigenvalue weighted by Gasteiger charge is -2.19. The van der Waals surface area contributed by atoms with E-state index in [-0.39, 0.29) is 11.5 Å². The molecule has 1 aromatic heterocycles. The Bertz CT molecular complexity index is 873. The molecule has 1 N–H and O–H groups in total. The molecule has 0 radical (unpaired) electrons. The number of carbonyl (C=O) groups excluding carboxylic acids is 1. The number of amides is 1. The van der Waals surface area contributed by atoms with Gasteiger partial charge in [0.2, 0.25) is 5.91 Å². The van der Waals surface area contributed by atoms with E-state index in [1.807, 2.05) is 0 Å². The van der Waals surface area contributed by atoms with Crippen molar-refractivity contribution >= 4 is 11.6 Å². The molecule has 1 aliphatic heterocycles. The number of carbonyl (C=O) groups is 1. The van der Waals surface area contributed by atoms with Crippen molar-refractivity contribution in [1.29, 1.82) is 0 Å². The molecule has 1 unspecified atom stereocenters. The molecule has 1 atom stereocenters. The lowest BCUT2D eigenvalue weighted by Crippen LogP contribution is -2.33. The minimum atomic E-state index is -0.709. The van der Waals surface area contributed by atoms with E-state index in [1.165, 1.54) is 10.7 Å². The third-order valence-corrected chi connectivity index (χ3v) is 4.40. The standard InChI is InChI=1S/C18H19N3O4/c1-11(21-17(22)7-5-14(20-21)12-2-3-12)18(23)19-13-4-6-15-16(10-13)25-9-8-24-15/h4-7,10-12H,2-3,8-9H2,1H3,(H,19,23). The summed E-state index contributed by atoms with van der Waals surface area (Å²) in [7, 11) is 0. The van der Waals surface area contributed by atoms with Crippen LogP contribution in [0.5, 0.6) is 11.5 Å². The van der Waals surface area contributed by atoms with Gasteiger partial charge < -0.3 is 14.8 Å². The van der Waals surface area contributed by atoms with Crippen molar-refractivity contribution in [3.8, 4) is 11.5 Å². The van der Waals surface area contributed by atoms with E-state index in [0.717, 1.165) is 18.5 Å². The van der Waals surface area contributed by atoms with Gasteiger partial charge in [0, 0.05) is 23.7 Å². The van der Waals surface area contributed by atoms with Gasteiger partial charge in [-0.25, -0.2) is 4.68 Å². The molecule has 130 valence electrons. The van der Waals surface area contributed by atoms with E-state index in [1.54, 1.807) is 31.2 Å². The number of anilines is 1. The van der Waals surface area contributed by atoms with Crippen LogP contribution in [0.4, 0.5) is 5.69 Å². The van der Waals surface area contributed by atoms with Crippen LogP contribution in [0.25, 0.3) is 0 Å². The molecule has 7 heteroatoms. The van der Waals surface area contributed by atoms with Gasteiger partial charge in [-0.05, 0) is 38.0 Å². The molecule has 0 saturated heterocycles. The van der Waals surface area contributed by atoms with Crippen molar-refractivity contribution < 1.29 is 14.3 Å². The number of hydrogen-bond donors (Lipinski definition) is 1. The predicted molar refractivity (Wildman–Crippen MR) is 91.2 cm³/mol. The summed E-state index contributed by atoms with van der Waals surface area (Å²) in [4.78, 5) is 24.6. The first-order valence-corrected chi connectivity index (χ1v) is 8.42. The summed E-state index contributed by atoms with van der Waals surface area (Å²) in [6.45, 7) is 2.66. The second kappa shape index (κ2) is 6.23. The Kier molecular flexibility index (Phi) is 3.91. The van der Waals surface area contributed by atoms with Crippen molar-refractivity contribution in [2.24, 2.45) is 0 Å². The normalized spacial score (nSPS) is 17.0. The number of nitrogens with zero attached hydrogens (tertiary/aromatic N) is 2. The van der Waals surface area contributed by atoms with Gasteiger partial charge in [0.1, 0.15) is 19.3 Å². The average Bonchev–Trinajstić information content (AvgIpc) is 3.46. The van der Waals surface area contributed by atoms with E-state index < -0.39 is 6.04 Å². The number of hydrogen-bond acceptors (Lipinski definition) is 5. The number of nitrogens with one attached hydrogen (secondary N) is 1. The zero-order chi connectivity index (χ0) is 17.4. The quantitative estimate of drug-likeness (QED) is 0.921. The Morgan fingerprint density at radius 2 is 1.96 bits per heavy atom. The first-order chi connectivity index (χ1) is 12.1. The highest BCUT2D eigenvalue weighted by Gasteiger charge is 2.27. The van der Waals surface area contributed by atoms with Gasteiger partial charge in [0.15, 0.2) is 11.5 Å². The third-order valence-electron chi connectivity index (χ3n) is 4.40. The highest BCUT2D eigenvalue weighted by atomic mass is 16.6. The second-order valence-electron chi connectivity index (χ2n) is 6.34. The minimum Gasteiger partial charge on any atom is -0.486 e. The van der Waals surface area contributed by atoms with E-state index in [9.17, 15) is 9.59 Å². The lowest BCUT2D eigenvalue weighted by molar-refractivity contribution is -0.119. The van der Waals surface area contributed by atoms with Crippen LogP contribution in [0.2, 0.25) is 0 Å². The minimum absolute atomic E-state index is 0.283. The highest BCUT2D eigenvalue weighted by Crippen LogP contribution is 2.38. The smallest absolute Gasteiger partial charge is 0.267 e. The van der Waals surface area contributed by atoms with Crippen LogP contribution in [0.3, 0.4) is 0 Å². The van der Waals surface area contributed by atoms with Gasteiger partial charge in [0.25, 0.3) is 5.56 Å². The summed E-state index contributed by atoms with van der Waals surface area (Å²) in [6.07, 6.45) is 2.17. The van der Waals surface area contributed by atoms with E-state index >= 15 is 0 Å². The topological polar surface area (TPSA) is 82.4 Å². The molecule has 7 nitrogen and oxygen atoms in total. The Morgan fingerprint density at radius 3 is 2.72 bits per heavy atom. The zero-order valence-corrected chi connectivity index (χ0v) is 13.9. The molecule has 25 heavy (non-hydrogen) atoms. The van der Waals surface area contributed by atoms with Gasteiger partial charge >= 0.3 is 0 Å². The van der Waals surface area contributed by atoms with E-state index in [2.05, 4.69) is 10.4 Å². The maximum Gasteiger partial charge on any atom is 0.267 e. The molecular weight excluding hydrogens is 322 g/mol. The molecule has 1 saturated carbocycles. The summed E-state index contributed by atoms with van der Waals surface area (Å²) in [6, 6.07) is 7.74. The molecule has 2 heterocycles. The number of aromatic nitrogens is 2. The van der Waals surface area contributed by atoms with Crippen LogP contribution in [-0.2, 0) is 4.79 Å². The lowest BCUT2D eigenvalue weighted by atomic mass is 10.2. The average molecular weight is 341 g/mol. The summed E-state index contributed by atoms with van der Waals surface area (Å²) >= 11 is 0. The molecule has 2 aromatic rings.